The molecule has 1 fully saturated rings. The van der Waals surface area contributed by atoms with E-state index in [9.17, 15) is 9.18 Å². The molecule has 1 N–H and O–H groups in total. The van der Waals surface area contributed by atoms with Gasteiger partial charge in [0.1, 0.15) is 5.82 Å². The molecule has 0 amide bonds. The van der Waals surface area contributed by atoms with Crippen LogP contribution in [0, 0.1) is 11.7 Å². The summed E-state index contributed by atoms with van der Waals surface area (Å²) in [5.41, 5.74) is 0.762. The van der Waals surface area contributed by atoms with E-state index in [4.69, 9.17) is 5.11 Å². The molecule has 0 saturated carbocycles. The number of carboxylic acid groups (broad SMARTS) is 1. The average Bonchev–Trinajstić information content (AvgIpc) is 2.93. The fourth-order valence-corrected chi connectivity index (χ4v) is 3.05. The molecule has 0 atom stereocenters. The number of anilines is 1. The monoisotopic (exact) mass is 318 g/mol. The van der Waals surface area contributed by atoms with Crippen molar-refractivity contribution in [1.82, 2.24) is 14.8 Å². The number of carboxylic acids is 1. The summed E-state index contributed by atoms with van der Waals surface area (Å²) in [6.45, 7) is 1.54. The highest BCUT2D eigenvalue weighted by Gasteiger charge is 2.24. The van der Waals surface area contributed by atoms with E-state index < -0.39 is 5.97 Å². The number of hydrogen-bond acceptors (Lipinski definition) is 4. The van der Waals surface area contributed by atoms with E-state index >= 15 is 0 Å². The smallest absolute Gasteiger partial charge is 0.375 e. The standard InChI is InChI=1S/C16H19FN4O2/c1-20-16(18-14(19-20)15(22)23)21-8-6-11(7-9-21)10-12-4-2-3-5-13(12)17/h2-5,11H,6-10H2,1H3,(H,22,23). The largest absolute Gasteiger partial charge is 0.475 e. The molecule has 0 aliphatic carbocycles. The van der Waals surface area contributed by atoms with Gasteiger partial charge in [-0.25, -0.2) is 13.9 Å². The number of benzene rings is 1. The van der Waals surface area contributed by atoms with Crippen molar-refractivity contribution >= 4 is 11.9 Å². The van der Waals surface area contributed by atoms with Gasteiger partial charge in [0.2, 0.25) is 5.95 Å². The van der Waals surface area contributed by atoms with Gasteiger partial charge in [0.25, 0.3) is 5.82 Å². The average molecular weight is 318 g/mol. The lowest BCUT2D eigenvalue weighted by Crippen LogP contribution is -2.36. The Morgan fingerprint density at radius 2 is 2.04 bits per heavy atom. The van der Waals surface area contributed by atoms with Crippen LogP contribution < -0.4 is 4.90 Å². The Bertz CT molecular complexity index is 708. The second-order valence-electron chi connectivity index (χ2n) is 5.89. The summed E-state index contributed by atoms with van der Waals surface area (Å²) in [5.74, 6) is -0.450. The molecule has 1 aliphatic heterocycles. The minimum absolute atomic E-state index is 0.144. The van der Waals surface area contributed by atoms with E-state index in [-0.39, 0.29) is 11.6 Å². The first kappa shape index (κ1) is 15.5. The summed E-state index contributed by atoms with van der Waals surface area (Å²) in [6.07, 6.45) is 2.58. The van der Waals surface area contributed by atoms with Crippen molar-refractivity contribution in [1.29, 1.82) is 0 Å². The maximum atomic E-state index is 13.7. The van der Waals surface area contributed by atoms with Gasteiger partial charge in [-0.1, -0.05) is 18.2 Å². The minimum atomic E-state index is -1.12. The van der Waals surface area contributed by atoms with Crippen LogP contribution in [-0.4, -0.2) is 38.9 Å². The second-order valence-corrected chi connectivity index (χ2v) is 5.89. The number of piperidine rings is 1. The molecular weight excluding hydrogens is 299 g/mol. The highest BCUT2D eigenvalue weighted by Crippen LogP contribution is 2.25. The maximum Gasteiger partial charge on any atom is 0.375 e. The van der Waals surface area contributed by atoms with Crippen molar-refractivity contribution < 1.29 is 14.3 Å². The summed E-state index contributed by atoms with van der Waals surface area (Å²) in [6, 6.07) is 6.90. The molecule has 1 aromatic carbocycles. The van der Waals surface area contributed by atoms with Crippen molar-refractivity contribution in [2.75, 3.05) is 18.0 Å². The molecule has 23 heavy (non-hydrogen) atoms. The lowest BCUT2D eigenvalue weighted by atomic mass is 9.90. The van der Waals surface area contributed by atoms with Crippen LogP contribution in [0.1, 0.15) is 29.0 Å². The first-order valence-corrected chi connectivity index (χ1v) is 7.67. The molecule has 122 valence electrons. The predicted molar refractivity (Wildman–Crippen MR) is 83.0 cm³/mol. The number of hydrogen-bond donors (Lipinski definition) is 1. The number of rotatable bonds is 4. The Hall–Kier alpha value is -2.44. The molecule has 6 nitrogen and oxygen atoms in total. The van der Waals surface area contributed by atoms with Gasteiger partial charge in [0.15, 0.2) is 0 Å². The number of halogens is 1. The Balaban J connectivity index is 1.62. The zero-order chi connectivity index (χ0) is 16.4. The van der Waals surface area contributed by atoms with Gasteiger partial charge in [-0.15, -0.1) is 5.10 Å². The van der Waals surface area contributed by atoms with E-state index in [1.54, 1.807) is 13.1 Å². The molecule has 1 aromatic heterocycles. The van der Waals surface area contributed by atoms with Crippen LogP contribution >= 0.6 is 0 Å². The van der Waals surface area contributed by atoms with Gasteiger partial charge >= 0.3 is 5.97 Å². The fraction of sp³-hybridized carbons (Fsp3) is 0.438. The van der Waals surface area contributed by atoms with E-state index in [0.717, 1.165) is 37.9 Å². The van der Waals surface area contributed by atoms with Crippen LogP contribution in [0.2, 0.25) is 0 Å². The number of aryl methyl sites for hydroxylation is 1. The number of nitrogens with zero attached hydrogens (tertiary/aromatic N) is 4. The summed E-state index contributed by atoms with van der Waals surface area (Å²) in [5, 5.41) is 12.9. The van der Waals surface area contributed by atoms with Crippen LogP contribution in [0.3, 0.4) is 0 Å². The lowest BCUT2D eigenvalue weighted by molar-refractivity contribution is 0.0683. The number of carbonyl (C=O) groups is 1. The molecule has 0 bridgehead atoms. The molecule has 0 radical (unpaired) electrons. The van der Waals surface area contributed by atoms with Crippen molar-refractivity contribution in [3.05, 3.63) is 41.5 Å². The van der Waals surface area contributed by atoms with Crippen molar-refractivity contribution in [2.24, 2.45) is 13.0 Å². The van der Waals surface area contributed by atoms with E-state index in [1.807, 2.05) is 17.0 Å². The number of aromatic carboxylic acids is 1. The van der Waals surface area contributed by atoms with Gasteiger partial charge in [-0.2, -0.15) is 4.98 Å². The van der Waals surface area contributed by atoms with Crippen LogP contribution in [0.15, 0.2) is 24.3 Å². The van der Waals surface area contributed by atoms with Gasteiger partial charge in [0.05, 0.1) is 0 Å². The molecule has 7 heteroatoms. The fourth-order valence-electron chi connectivity index (χ4n) is 3.05. The Morgan fingerprint density at radius 3 is 2.65 bits per heavy atom. The van der Waals surface area contributed by atoms with Crippen molar-refractivity contribution in [3.8, 4) is 0 Å². The zero-order valence-corrected chi connectivity index (χ0v) is 12.9. The lowest BCUT2D eigenvalue weighted by Gasteiger charge is -2.32. The summed E-state index contributed by atoms with van der Waals surface area (Å²) in [7, 11) is 1.69. The first-order valence-electron chi connectivity index (χ1n) is 7.67. The highest BCUT2D eigenvalue weighted by molar-refractivity contribution is 5.83. The van der Waals surface area contributed by atoms with Gasteiger partial charge < -0.3 is 10.0 Å². The number of aromatic nitrogens is 3. The van der Waals surface area contributed by atoms with Gasteiger partial charge in [-0.3, -0.25) is 0 Å². The molecule has 2 heterocycles. The van der Waals surface area contributed by atoms with Crippen molar-refractivity contribution in [2.45, 2.75) is 19.3 Å². The van der Waals surface area contributed by atoms with Gasteiger partial charge in [-0.05, 0) is 36.8 Å². The van der Waals surface area contributed by atoms with Crippen LogP contribution in [0.25, 0.3) is 0 Å². The quantitative estimate of drug-likeness (QED) is 0.935. The maximum absolute atomic E-state index is 13.7. The van der Waals surface area contributed by atoms with E-state index in [1.165, 1.54) is 10.7 Å². The molecule has 2 aromatic rings. The summed E-state index contributed by atoms with van der Waals surface area (Å²) in [4.78, 5) is 17.1. The van der Waals surface area contributed by atoms with Crippen LogP contribution in [-0.2, 0) is 13.5 Å². The second kappa shape index (κ2) is 6.36. The molecule has 1 aliphatic rings. The normalized spacial score (nSPS) is 15.8. The van der Waals surface area contributed by atoms with Crippen LogP contribution in [0.4, 0.5) is 10.3 Å². The summed E-state index contributed by atoms with van der Waals surface area (Å²) < 4.78 is 15.2. The third-order valence-electron chi connectivity index (χ3n) is 4.30. The predicted octanol–water partition coefficient (Wildman–Crippen LogP) is 2.11. The Labute approximate surface area is 133 Å². The molecule has 1 saturated heterocycles. The zero-order valence-electron chi connectivity index (χ0n) is 12.9. The van der Waals surface area contributed by atoms with E-state index in [2.05, 4.69) is 10.1 Å². The van der Waals surface area contributed by atoms with Crippen LogP contribution in [0.5, 0.6) is 0 Å². The van der Waals surface area contributed by atoms with Gasteiger partial charge in [0, 0.05) is 20.1 Å². The Morgan fingerprint density at radius 1 is 1.35 bits per heavy atom. The third kappa shape index (κ3) is 3.33. The molecule has 0 unspecified atom stereocenters. The first-order chi connectivity index (χ1) is 11.0. The molecule has 3 rings (SSSR count). The SMILES string of the molecule is Cn1nc(C(=O)O)nc1N1CCC(Cc2ccccc2F)CC1. The topological polar surface area (TPSA) is 71.2 Å². The van der Waals surface area contributed by atoms with Crippen molar-refractivity contribution in [3.63, 3.8) is 0 Å². The Kier molecular flexibility index (Phi) is 4.27. The third-order valence-corrected chi connectivity index (χ3v) is 4.30. The van der Waals surface area contributed by atoms with E-state index in [0.29, 0.717) is 11.9 Å². The molecular formula is C16H19FN4O2. The highest BCUT2D eigenvalue weighted by atomic mass is 19.1. The molecule has 0 spiro atoms. The minimum Gasteiger partial charge on any atom is -0.475 e. The summed E-state index contributed by atoms with van der Waals surface area (Å²) >= 11 is 0.